The van der Waals surface area contributed by atoms with Crippen molar-refractivity contribution in [2.24, 2.45) is 0 Å². The number of amides is 2. The SMILES string of the molecule is O=Cc1ccn2c(=O)c(C3CCC(=O)NC3=O)cnc2c1. The Bertz CT molecular complexity index is 825. The van der Waals surface area contributed by atoms with E-state index in [0.29, 0.717) is 23.9 Å². The van der Waals surface area contributed by atoms with Crippen LogP contribution >= 0.6 is 0 Å². The van der Waals surface area contributed by atoms with Gasteiger partial charge in [0.25, 0.3) is 5.56 Å². The van der Waals surface area contributed by atoms with Gasteiger partial charge in [-0.05, 0) is 18.6 Å². The summed E-state index contributed by atoms with van der Waals surface area (Å²) in [5.74, 6) is -1.49. The fourth-order valence-electron chi connectivity index (χ4n) is 2.41. The van der Waals surface area contributed by atoms with Gasteiger partial charge in [-0.1, -0.05) is 0 Å². The molecule has 0 spiro atoms. The highest BCUT2D eigenvalue weighted by Crippen LogP contribution is 2.21. The van der Waals surface area contributed by atoms with Gasteiger partial charge >= 0.3 is 0 Å². The van der Waals surface area contributed by atoms with Gasteiger partial charge in [-0.3, -0.25) is 28.9 Å². The summed E-state index contributed by atoms with van der Waals surface area (Å²) >= 11 is 0. The number of rotatable bonds is 2. The Labute approximate surface area is 118 Å². The lowest BCUT2D eigenvalue weighted by Crippen LogP contribution is -2.41. The number of fused-ring (bicyclic) bond motifs is 1. The van der Waals surface area contributed by atoms with Crippen LogP contribution in [-0.4, -0.2) is 27.5 Å². The molecular formula is C14H11N3O4. The lowest BCUT2D eigenvalue weighted by atomic mass is 9.92. The third-order valence-electron chi connectivity index (χ3n) is 3.51. The van der Waals surface area contributed by atoms with Crippen LogP contribution in [0, 0.1) is 0 Å². The molecule has 1 N–H and O–H groups in total. The summed E-state index contributed by atoms with van der Waals surface area (Å²) in [7, 11) is 0. The number of pyridine rings is 1. The molecule has 0 aliphatic carbocycles. The van der Waals surface area contributed by atoms with E-state index in [1.807, 2.05) is 0 Å². The molecule has 0 radical (unpaired) electrons. The Kier molecular flexibility index (Phi) is 3.09. The number of nitrogens with zero attached hydrogens (tertiary/aromatic N) is 2. The largest absolute Gasteiger partial charge is 0.298 e. The van der Waals surface area contributed by atoms with Crippen molar-refractivity contribution >= 4 is 23.7 Å². The quantitative estimate of drug-likeness (QED) is 0.620. The molecule has 0 bridgehead atoms. The van der Waals surface area contributed by atoms with E-state index in [1.165, 1.54) is 28.9 Å². The van der Waals surface area contributed by atoms with Gasteiger partial charge in [0, 0.05) is 29.9 Å². The smallest absolute Gasteiger partial charge is 0.261 e. The van der Waals surface area contributed by atoms with Crippen molar-refractivity contribution in [3.8, 4) is 0 Å². The first kappa shape index (κ1) is 13.2. The van der Waals surface area contributed by atoms with Gasteiger partial charge in [-0.15, -0.1) is 0 Å². The number of aromatic nitrogens is 2. The second-order valence-electron chi connectivity index (χ2n) is 4.83. The van der Waals surface area contributed by atoms with Crippen LogP contribution in [0.15, 0.2) is 29.3 Å². The number of nitrogens with one attached hydrogen (secondary N) is 1. The molecule has 1 aliphatic heterocycles. The maximum Gasteiger partial charge on any atom is 0.261 e. The van der Waals surface area contributed by atoms with Crippen LogP contribution in [0.5, 0.6) is 0 Å². The van der Waals surface area contributed by atoms with Gasteiger partial charge in [0.2, 0.25) is 11.8 Å². The van der Waals surface area contributed by atoms with Crippen molar-refractivity contribution in [2.75, 3.05) is 0 Å². The molecule has 1 aliphatic rings. The first-order valence-corrected chi connectivity index (χ1v) is 6.40. The van der Waals surface area contributed by atoms with Crippen molar-refractivity contribution in [1.82, 2.24) is 14.7 Å². The molecule has 0 aromatic carbocycles. The first-order chi connectivity index (χ1) is 10.1. The minimum absolute atomic E-state index is 0.197. The second-order valence-corrected chi connectivity index (χ2v) is 4.83. The predicted octanol–water partition coefficient (Wildman–Crippen LogP) is 0.0272. The van der Waals surface area contributed by atoms with E-state index < -0.39 is 11.8 Å². The average Bonchev–Trinajstić information content (AvgIpc) is 2.48. The summed E-state index contributed by atoms with van der Waals surface area (Å²) in [6.45, 7) is 0. The summed E-state index contributed by atoms with van der Waals surface area (Å²) < 4.78 is 1.28. The number of carbonyl (C=O) groups excluding carboxylic acids is 3. The van der Waals surface area contributed by atoms with Gasteiger partial charge < -0.3 is 0 Å². The Hall–Kier alpha value is -2.83. The number of hydrogen-bond acceptors (Lipinski definition) is 5. The van der Waals surface area contributed by atoms with E-state index in [2.05, 4.69) is 10.3 Å². The molecule has 0 saturated carbocycles. The molecule has 106 valence electrons. The summed E-state index contributed by atoms with van der Waals surface area (Å²) in [4.78, 5) is 50.3. The van der Waals surface area contributed by atoms with Gasteiger partial charge in [0.1, 0.15) is 11.9 Å². The van der Waals surface area contributed by atoms with Crippen molar-refractivity contribution in [3.63, 3.8) is 0 Å². The summed E-state index contributed by atoms with van der Waals surface area (Å²) in [5, 5.41) is 2.22. The van der Waals surface area contributed by atoms with Crippen LogP contribution < -0.4 is 10.9 Å². The number of hydrogen-bond donors (Lipinski definition) is 1. The highest BCUT2D eigenvalue weighted by atomic mass is 16.2. The third kappa shape index (κ3) is 2.22. The zero-order chi connectivity index (χ0) is 15.0. The normalized spacial score (nSPS) is 18.6. The Morgan fingerprint density at radius 2 is 2.14 bits per heavy atom. The predicted molar refractivity (Wildman–Crippen MR) is 72.0 cm³/mol. The molecule has 21 heavy (non-hydrogen) atoms. The van der Waals surface area contributed by atoms with Gasteiger partial charge in [0.15, 0.2) is 0 Å². The van der Waals surface area contributed by atoms with E-state index in [0.717, 1.165) is 0 Å². The fourth-order valence-corrected chi connectivity index (χ4v) is 2.41. The fraction of sp³-hybridized carbons (Fsp3) is 0.214. The molecule has 2 amide bonds. The number of imide groups is 1. The van der Waals surface area contributed by atoms with Crippen molar-refractivity contribution < 1.29 is 14.4 Å². The zero-order valence-corrected chi connectivity index (χ0v) is 10.9. The van der Waals surface area contributed by atoms with E-state index in [-0.39, 0.29) is 23.5 Å². The second kappa shape index (κ2) is 4.93. The van der Waals surface area contributed by atoms with E-state index >= 15 is 0 Å². The number of piperidine rings is 1. The van der Waals surface area contributed by atoms with Gasteiger partial charge in [-0.25, -0.2) is 4.98 Å². The molecule has 7 heteroatoms. The maximum atomic E-state index is 12.4. The summed E-state index contributed by atoms with van der Waals surface area (Å²) in [6.07, 6.45) is 3.94. The monoisotopic (exact) mass is 285 g/mol. The van der Waals surface area contributed by atoms with Crippen LogP contribution in [0.4, 0.5) is 0 Å². The van der Waals surface area contributed by atoms with Crippen molar-refractivity contribution in [2.45, 2.75) is 18.8 Å². The van der Waals surface area contributed by atoms with E-state index in [1.54, 1.807) is 0 Å². The molecule has 3 rings (SSSR count). The summed E-state index contributed by atoms with van der Waals surface area (Å²) in [5.41, 5.74) is 0.625. The van der Waals surface area contributed by atoms with E-state index in [4.69, 9.17) is 0 Å². The number of aldehydes is 1. The third-order valence-corrected chi connectivity index (χ3v) is 3.51. The highest BCUT2D eigenvalue weighted by molar-refractivity contribution is 6.00. The maximum absolute atomic E-state index is 12.4. The molecule has 2 aromatic rings. The zero-order valence-electron chi connectivity index (χ0n) is 10.9. The molecule has 1 unspecified atom stereocenters. The Morgan fingerprint density at radius 1 is 1.33 bits per heavy atom. The Balaban J connectivity index is 2.10. The van der Waals surface area contributed by atoms with Crippen molar-refractivity contribution in [3.05, 3.63) is 46.0 Å². The summed E-state index contributed by atoms with van der Waals surface area (Å²) in [6, 6.07) is 2.99. The minimum Gasteiger partial charge on any atom is -0.298 e. The molecule has 1 saturated heterocycles. The standard InChI is InChI=1S/C14H11N3O4/c18-7-8-3-4-17-11(5-8)15-6-10(14(17)21)9-1-2-12(19)16-13(9)20/h3-7,9H,1-2H2,(H,16,19,20). The molecule has 2 aromatic heterocycles. The molecule has 1 atom stereocenters. The van der Waals surface area contributed by atoms with Crippen LogP contribution in [-0.2, 0) is 9.59 Å². The highest BCUT2D eigenvalue weighted by Gasteiger charge is 2.30. The lowest BCUT2D eigenvalue weighted by Gasteiger charge is -2.20. The molecule has 1 fully saturated rings. The van der Waals surface area contributed by atoms with Crippen LogP contribution in [0.25, 0.3) is 5.65 Å². The average molecular weight is 285 g/mol. The van der Waals surface area contributed by atoms with E-state index in [9.17, 15) is 19.2 Å². The minimum atomic E-state index is -0.676. The van der Waals surface area contributed by atoms with Crippen molar-refractivity contribution in [1.29, 1.82) is 0 Å². The molecule has 3 heterocycles. The lowest BCUT2D eigenvalue weighted by molar-refractivity contribution is -0.134. The Morgan fingerprint density at radius 3 is 2.86 bits per heavy atom. The van der Waals surface area contributed by atoms with Crippen LogP contribution in [0.1, 0.15) is 34.7 Å². The van der Waals surface area contributed by atoms with Gasteiger partial charge in [0.05, 0.1) is 5.92 Å². The first-order valence-electron chi connectivity index (χ1n) is 6.40. The topological polar surface area (TPSA) is 97.6 Å². The van der Waals surface area contributed by atoms with Crippen LogP contribution in [0.2, 0.25) is 0 Å². The molecule has 7 nitrogen and oxygen atoms in total. The molecular weight excluding hydrogens is 274 g/mol. The number of carbonyl (C=O) groups is 3. The van der Waals surface area contributed by atoms with Gasteiger partial charge in [-0.2, -0.15) is 0 Å². The van der Waals surface area contributed by atoms with Crippen LogP contribution in [0.3, 0.4) is 0 Å².